The Balaban J connectivity index is 2.08. The van der Waals surface area contributed by atoms with Gasteiger partial charge < -0.3 is 14.8 Å². The summed E-state index contributed by atoms with van der Waals surface area (Å²) in [7, 11) is 1.35. The Kier molecular flexibility index (Phi) is 5.30. The minimum atomic E-state index is -0.613. The lowest BCUT2D eigenvalue weighted by atomic mass is 10.1. The third-order valence-electron chi connectivity index (χ3n) is 3.07. The van der Waals surface area contributed by atoms with Crippen molar-refractivity contribution in [2.45, 2.75) is 6.92 Å². The molecule has 2 rings (SSSR count). The van der Waals surface area contributed by atoms with Crippen LogP contribution in [0.4, 0.5) is 10.1 Å². The second-order valence-electron chi connectivity index (χ2n) is 4.60. The first-order valence-electron chi connectivity index (χ1n) is 6.97. The number of carbonyl (C=O) groups is 2. The lowest BCUT2D eigenvalue weighted by molar-refractivity contribution is 0.0526. The van der Waals surface area contributed by atoms with E-state index >= 15 is 0 Å². The van der Waals surface area contributed by atoms with Crippen LogP contribution < -0.4 is 10.1 Å². The standard InChI is InChI=1S/C17H16FNO4/c1-3-23-17(21)11-4-7-13(8-5-11)19-16(20)12-6-9-15(22-2)14(18)10-12/h4-10H,3H2,1-2H3,(H,19,20). The second kappa shape index (κ2) is 7.40. The molecule has 0 heterocycles. The molecule has 0 atom stereocenters. The Bertz CT molecular complexity index is 713. The molecule has 0 aliphatic carbocycles. The molecule has 2 aromatic carbocycles. The lowest BCUT2D eigenvalue weighted by Crippen LogP contribution is -2.12. The molecule has 23 heavy (non-hydrogen) atoms. The average Bonchev–Trinajstić information content (AvgIpc) is 2.55. The SMILES string of the molecule is CCOC(=O)c1ccc(NC(=O)c2ccc(OC)c(F)c2)cc1. The van der Waals surface area contributed by atoms with Gasteiger partial charge in [-0.2, -0.15) is 0 Å². The Morgan fingerprint density at radius 2 is 1.74 bits per heavy atom. The maximum atomic E-state index is 13.6. The number of hydrogen-bond donors (Lipinski definition) is 1. The molecule has 2 aromatic rings. The topological polar surface area (TPSA) is 64.6 Å². The zero-order valence-electron chi connectivity index (χ0n) is 12.8. The summed E-state index contributed by atoms with van der Waals surface area (Å²) in [6.45, 7) is 2.01. The molecule has 1 amide bonds. The van der Waals surface area contributed by atoms with Gasteiger partial charge in [0.15, 0.2) is 11.6 Å². The number of benzene rings is 2. The molecule has 0 unspecified atom stereocenters. The maximum absolute atomic E-state index is 13.6. The number of carbonyl (C=O) groups excluding carboxylic acids is 2. The number of ether oxygens (including phenoxy) is 2. The van der Waals surface area contributed by atoms with E-state index in [0.717, 1.165) is 6.07 Å². The van der Waals surface area contributed by atoms with Crippen molar-refractivity contribution in [1.29, 1.82) is 0 Å². The normalized spacial score (nSPS) is 10.0. The summed E-state index contributed by atoms with van der Waals surface area (Å²) in [6, 6.07) is 10.2. The fraction of sp³-hybridized carbons (Fsp3) is 0.176. The van der Waals surface area contributed by atoms with Crippen molar-refractivity contribution in [3.63, 3.8) is 0 Å². The van der Waals surface area contributed by atoms with Crippen molar-refractivity contribution in [1.82, 2.24) is 0 Å². The molecular weight excluding hydrogens is 301 g/mol. The first-order valence-corrected chi connectivity index (χ1v) is 6.97. The summed E-state index contributed by atoms with van der Waals surface area (Å²) in [5.41, 5.74) is 1.04. The number of hydrogen-bond acceptors (Lipinski definition) is 4. The first kappa shape index (κ1) is 16.5. The van der Waals surface area contributed by atoms with Crippen LogP contribution >= 0.6 is 0 Å². The molecule has 120 valence electrons. The first-order chi connectivity index (χ1) is 11.0. The van der Waals surface area contributed by atoms with Gasteiger partial charge >= 0.3 is 5.97 Å². The Morgan fingerprint density at radius 1 is 1.09 bits per heavy atom. The van der Waals surface area contributed by atoms with Crippen molar-refractivity contribution in [2.75, 3.05) is 19.0 Å². The summed E-state index contributed by atoms with van der Waals surface area (Å²) in [6.07, 6.45) is 0. The van der Waals surface area contributed by atoms with E-state index in [1.807, 2.05) is 0 Å². The molecular formula is C17H16FNO4. The summed E-state index contributed by atoms with van der Waals surface area (Å²) >= 11 is 0. The third-order valence-corrected chi connectivity index (χ3v) is 3.07. The fourth-order valence-electron chi connectivity index (χ4n) is 1.91. The monoisotopic (exact) mass is 317 g/mol. The number of methoxy groups -OCH3 is 1. The molecule has 5 nitrogen and oxygen atoms in total. The van der Waals surface area contributed by atoms with E-state index < -0.39 is 17.7 Å². The van der Waals surface area contributed by atoms with E-state index in [1.54, 1.807) is 31.2 Å². The van der Waals surface area contributed by atoms with Crippen LogP contribution in [0.5, 0.6) is 5.75 Å². The zero-order valence-corrected chi connectivity index (χ0v) is 12.8. The molecule has 0 aliphatic rings. The van der Waals surface area contributed by atoms with Crippen LogP contribution in [0.3, 0.4) is 0 Å². The molecule has 0 radical (unpaired) electrons. The summed E-state index contributed by atoms with van der Waals surface area (Å²) in [4.78, 5) is 23.6. The maximum Gasteiger partial charge on any atom is 0.338 e. The number of esters is 1. The average molecular weight is 317 g/mol. The highest BCUT2D eigenvalue weighted by Crippen LogP contribution is 2.19. The van der Waals surface area contributed by atoms with Gasteiger partial charge in [0, 0.05) is 11.3 Å². The highest BCUT2D eigenvalue weighted by Gasteiger charge is 2.11. The molecule has 0 aliphatic heterocycles. The number of halogens is 1. The van der Waals surface area contributed by atoms with Crippen LogP contribution in [0, 0.1) is 5.82 Å². The minimum Gasteiger partial charge on any atom is -0.494 e. The predicted molar refractivity (Wildman–Crippen MR) is 83.3 cm³/mol. The van der Waals surface area contributed by atoms with Gasteiger partial charge in [-0.25, -0.2) is 9.18 Å². The summed E-state index contributed by atoms with van der Waals surface area (Å²) in [5, 5.41) is 2.62. The Hall–Kier alpha value is -2.89. The molecule has 1 N–H and O–H groups in total. The van der Waals surface area contributed by atoms with E-state index in [2.05, 4.69) is 5.32 Å². The summed E-state index contributed by atoms with van der Waals surface area (Å²) < 4.78 is 23.3. The van der Waals surface area contributed by atoms with Crippen molar-refractivity contribution >= 4 is 17.6 Å². The van der Waals surface area contributed by atoms with Crippen LogP contribution in [0.2, 0.25) is 0 Å². The Labute approximate surface area is 133 Å². The second-order valence-corrected chi connectivity index (χ2v) is 4.60. The minimum absolute atomic E-state index is 0.0698. The van der Waals surface area contributed by atoms with Crippen LogP contribution in [-0.2, 0) is 4.74 Å². The largest absolute Gasteiger partial charge is 0.494 e. The van der Waals surface area contributed by atoms with Crippen molar-refractivity contribution in [3.05, 3.63) is 59.4 Å². The van der Waals surface area contributed by atoms with Crippen LogP contribution in [0.15, 0.2) is 42.5 Å². The van der Waals surface area contributed by atoms with Crippen LogP contribution in [-0.4, -0.2) is 25.6 Å². The van der Waals surface area contributed by atoms with Crippen molar-refractivity contribution in [2.24, 2.45) is 0 Å². The third kappa shape index (κ3) is 4.06. The molecule has 0 saturated heterocycles. The Morgan fingerprint density at radius 3 is 2.30 bits per heavy atom. The van der Waals surface area contributed by atoms with Gasteiger partial charge in [-0.1, -0.05) is 0 Å². The van der Waals surface area contributed by atoms with Gasteiger partial charge in [0.1, 0.15) is 0 Å². The van der Waals surface area contributed by atoms with E-state index in [-0.39, 0.29) is 11.3 Å². The van der Waals surface area contributed by atoms with Crippen molar-refractivity contribution < 1.29 is 23.5 Å². The number of amides is 1. The predicted octanol–water partition coefficient (Wildman–Crippen LogP) is 3.26. The molecule has 6 heteroatoms. The summed E-state index contributed by atoms with van der Waals surface area (Å²) in [5.74, 6) is -1.43. The molecule has 0 fully saturated rings. The van der Waals surface area contributed by atoms with E-state index in [0.29, 0.717) is 17.9 Å². The molecule has 0 bridgehead atoms. The van der Waals surface area contributed by atoms with Gasteiger partial charge in [0.25, 0.3) is 5.91 Å². The molecule has 0 aromatic heterocycles. The molecule has 0 spiro atoms. The van der Waals surface area contributed by atoms with Gasteiger partial charge in [-0.15, -0.1) is 0 Å². The smallest absolute Gasteiger partial charge is 0.338 e. The van der Waals surface area contributed by atoms with Crippen molar-refractivity contribution in [3.8, 4) is 5.75 Å². The van der Waals surface area contributed by atoms with Crippen LogP contribution in [0.1, 0.15) is 27.6 Å². The van der Waals surface area contributed by atoms with Gasteiger partial charge in [-0.05, 0) is 49.4 Å². The number of rotatable bonds is 5. The highest BCUT2D eigenvalue weighted by molar-refractivity contribution is 6.04. The fourth-order valence-corrected chi connectivity index (χ4v) is 1.91. The van der Waals surface area contributed by atoms with Gasteiger partial charge in [-0.3, -0.25) is 4.79 Å². The lowest BCUT2D eigenvalue weighted by Gasteiger charge is -2.08. The number of anilines is 1. The van der Waals surface area contributed by atoms with E-state index in [4.69, 9.17) is 9.47 Å². The van der Waals surface area contributed by atoms with E-state index in [1.165, 1.54) is 19.2 Å². The highest BCUT2D eigenvalue weighted by atomic mass is 19.1. The quantitative estimate of drug-likeness (QED) is 0.860. The number of nitrogens with one attached hydrogen (secondary N) is 1. The van der Waals surface area contributed by atoms with Crippen LogP contribution in [0.25, 0.3) is 0 Å². The van der Waals surface area contributed by atoms with E-state index in [9.17, 15) is 14.0 Å². The molecule has 0 saturated carbocycles. The van der Waals surface area contributed by atoms with Gasteiger partial charge in [0.05, 0.1) is 19.3 Å². The zero-order chi connectivity index (χ0) is 16.8. The van der Waals surface area contributed by atoms with Gasteiger partial charge in [0.2, 0.25) is 0 Å².